The summed E-state index contributed by atoms with van der Waals surface area (Å²) >= 11 is 0. The first kappa shape index (κ1) is 10.5. The van der Waals surface area contributed by atoms with E-state index in [1.165, 1.54) is 0 Å². The average molecular weight is 228 g/mol. The maximum Gasteiger partial charge on any atom is 0.573 e. The van der Waals surface area contributed by atoms with Crippen LogP contribution >= 0.6 is 0 Å². The molecule has 84 valence electrons. The molecule has 0 unspecified atom stereocenters. The van der Waals surface area contributed by atoms with Gasteiger partial charge in [0, 0.05) is 5.56 Å². The predicted molar refractivity (Wildman–Crippen MR) is 50.7 cm³/mol. The number of nitrogens with zero attached hydrogens (tertiary/aromatic N) is 1. The molecule has 0 saturated carbocycles. The van der Waals surface area contributed by atoms with E-state index in [0.29, 0.717) is 5.56 Å². The number of benzene rings is 1. The van der Waals surface area contributed by atoms with Crippen molar-refractivity contribution in [2.45, 2.75) is 6.36 Å². The first-order chi connectivity index (χ1) is 7.56. The topological polar surface area (TPSA) is 37.9 Å². The Morgan fingerprint density at radius 2 is 1.81 bits per heavy atom. The molecule has 6 heteroatoms. The van der Waals surface area contributed by atoms with E-state index in [1.807, 2.05) is 0 Å². The van der Waals surface area contributed by atoms with Crippen LogP contribution in [0, 0.1) is 0 Å². The fraction of sp³-hybridized carbons (Fsp3) is 0.100. The highest BCUT2D eigenvalue weighted by Crippen LogP contribution is 2.31. The number of hydrogen-bond donors (Lipinski definition) is 1. The summed E-state index contributed by atoms with van der Waals surface area (Å²) in [5.41, 5.74) is 0.789. The van der Waals surface area contributed by atoms with Crippen molar-refractivity contribution >= 4 is 0 Å². The molecule has 0 aliphatic carbocycles. The van der Waals surface area contributed by atoms with E-state index in [0.717, 1.165) is 6.20 Å². The number of aromatic nitrogens is 2. The van der Waals surface area contributed by atoms with Gasteiger partial charge < -0.3 is 4.74 Å². The number of rotatable bonds is 2. The number of alkyl halides is 3. The van der Waals surface area contributed by atoms with E-state index >= 15 is 0 Å². The Morgan fingerprint density at radius 3 is 2.44 bits per heavy atom. The smallest absolute Gasteiger partial charge is 0.402 e. The zero-order chi connectivity index (χ0) is 11.6. The van der Waals surface area contributed by atoms with E-state index in [9.17, 15) is 13.2 Å². The Labute approximate surface area is 88.9 Å². The minimum absolute atomic E-state index is 0.206. The van der Waals surface area contributed by atoms with Gasteiger partial charge in [0.25, 0.3) is 0 Å². The molecule has 0 aliphatic rings. The van der Waals surface area contributed by atoms with E-state index in [2.05, 4.69) is 14.9 Å². The summed E-state index contributed by atoms with van der Waals surface area (Å²) in [6.07, 6.45) is -3.72. The third-order valence-corrected chi connectivity index (χ3v) is 1.89. The second-order valence-electron chi connectivity index (χ2n) is 3.02. The minimum Gasteiger partial charge on any atom is -0.402 e. The van der Waals surface area contributed by atoms with Gasteiger partial charge in [-0.1, -0.05) is 30.3 Å². The summed E-state index contributed by atoms with van der Waals surface area (Å²) in [5.74, 6) is -0.335. The molecule has 1 aromatic heterocycles. The number of halogens is 3. The summed E-state index contributed by atoms with van der Waals surface area (Å²) in [7, 11) is 0. The van der Waals surface area contributed by atoms with Crippen molar-refractivity contribution < 1.29 is 17.9 Å². The quantitative estimate of drug-likeness (QED) is 0.857. The van der Waals surface area contributed by atoms with Crippen molar-refractivity contribution in [3.05, 3.63) is 36.5 Å². The second-order valence-corrected chi connectivity index (χ2v) is 3.02. The molecule has 0 radical (unpaired) electrons. The standard InChI is InChI=1S/C10H7F3N2O/c11-10(12,13)16-8-6-14-15-9(8)7-4-2-1-3-5-7/h1-6H,(H,14,15). The van der Waals surface area contributed by atoms with Crippen LogP contribution in [0.15, 0.2) is 36.5 Å². The molecule has 0 fully saturated rings. The van der Waals surface area contributed by atoms with Gasteiger partial charge in [-0.05, 0) is 0 Å². The van der Waals surface area contributed by atoms with Gasteiger partial charge in [-0.2, -0.15) is 5.10 Å². The van der Waals surface area contributed by atoms with Crippen molar-refractivity contribution in [2.75, 3.05) is 0 Å². The minimum atomic E-state index is -4.71. The fourth-order valence-corrected chi connectivity index (χ4v) is 1.29. The maximum atomic E-state index is 12.1. The first-order valence-corrected chi connectivity index (χ1v) is 4.41. The third kappa shape index (κ3) is 2.33. The molecule has 0 spiro atoms. The van der Waals surface area contributed by atoms with Gasteiger partial charge in [0.05, 0.1) is 6.20 Å². The summed E-state index contributed by atoms with van der Waals surface area (Å²) in [6, 6.07) is 8.53. The van der Waals surface area contributed by atoms with Crippen LogP contribution in [0.5, 0.6) is 5.75 Å². The van der Waals surface area contributed by atoms with Crippen molar-refractivity contribution in [1.82, 2.24) is 10.2 Å². The van der Waals surface area contributed by atoms with Gasteiger partial charge in [-0.15, -0.1) is 13.2 Å². The highest BCUT2D eigenvalue weighted by molar-refractivity contribution is 5.65. The highest BCUT2D eigenvalue weighted by atomic mass is 19.4. The molecule has 1 N–H and O–H groups in total. The molecule has 1 heterocycles. The molecule has 0 aliphatic heterocycles. The van der Waals surface area contributed by atoms with Crippen LogP contribution in [-0.4, -0.2) is 16.6 Å². The molecule has 0 atom stereocenters. The second kappa shape index (κ2) is 3.88. The molecule has 0 amide bonds. The van der Waals surface area contributed by atoms with Gasteiger partial charge >= 0.3 is 6.36 Å². The Balaban J connectivity index is 2.33. The summed E-state index contributed by atoms with van der Waals surface area (Å²) < 4.78 is 40.0. The van der Waals surface area contributed by atoms with E-state index < -0.39 is 6.36 Å². The molecule has 3 nitrogen and oxygen atoms in total. The zero-order valence-corrected chi connectivity index (χ0v) is 7.95. The fourth-order valence-electron chi connectivity index (χ4n) is 1.29. The summed E-state index contributed by atoms with van der Waals surface area (Å²) in [5, 5.41) is 6.00. The van der Waals surface area contributed by atoms with Crippen LogP contribution in [0.1, 0.15) is 0 Å². The zero-order valence-electron chi connectivity index (χ0n) is 7.95. The average Bonchev–Trinajstić information content (AvgIpc) is 2.64. The van der Waals surface area contributed by atoms with Gasteiger partial charge in [-0.25, -0.2) is 0 Å². The largest absolute Gasteiger partial charge is 0.573 e. The number of hydrogen-bond acceptors (Lipinski definition) is 2. The lowest BCUT2D eigenvalue weighted by Gasteiger charge is -2.08. The predicted octanol–water partition coefficient (Wildman–Crippen LogP) is 2.98. The molecule has 0 bridgehead atoms. The molecule has 1 aromatic carbocycles. The van der Waals surface area contributed by atoms with Crippen molar-refractivity contribution in [1.29, 1.82) is 0 Å². The summed E-state index contributed by atoms with van der Waals surface area (Å²) in [6.45, 7) is 0. The third-order valence-electron chi connectivity index (χ3n) is 1.89. The molecule has 0 saturated heterocycles. The Hall–Kier alpha value is -1.98. The monoisotopic (exact) mass is 228 g/mol. The Morgan fingerprint density at radius 1 is 1.12 bits per heavy atom. The van der Waals surface area contributed by atoms with Crippen LogP contribution in [0.25, 0.3) is 11.3 Å². The maximum absolute atomic E-state index is 12.1. The number of nitrogens with one attached hydrogen (secondary N) is 1. The van der Waals surface area contributed by atoms with Crippen LogP contribution in [-0.2, 0) is 0 Å². The lowest BCUT2D eigenvalue weighted by molar-refractivity contribution is -0.274. The van der Waals surface area contributed by atoms with Crippen LogP contribution in [0.2, 0.25) is 0 Å². The van der Waals surface area contributed by atoms with E-state index in [1.54, 1.807) is 30.3 Å². The van der Waals surface area contributed by atoms with Crippen molar-refractivity contribution in [3.8, 4) is 17.0 Å². The van der Waals surface area contributed by atoms with Crippen LogP contribution in [0.4, 0.5) is 13.2 Å². The van der Waals surface area contributed by atoms with Gasteiger partial charge in [-0.3, -0.25) is 5.10 Å². The van der Waals surface area contributed by atoms with Gasteiger partial charge in [0.1, 0.15) is 5.69 Å². The van der Waals surface area contributed by atoms with E-state index in [4.69, 9.17) is 0 Å². The van der Waals surface area contributed by atoms with Gasteiger partial charge in [0.15, 0.2) is 5.75 Å². The number of aromatic amines is 1. The van der Waals surface area contributed by atoms with Crippen LogP contribution in [0.3, 0.4) is 0 Å². The van der Waals surface area contributed by atoms with Gasteiger partial charge in [0.2, 0.25) is 0 Å². The molecule has 2 rings (SSSR count). The van der Waals surface area contributed by atoms with Crippen LogP contribution < -0.4 is 4.74 Å². The number of H-pyrrole nitrogens is 1. The Kier molecular flexibility index (Phi) is 2.55. The lowest BCUT2D eigenvalue weighted by atomic mass is 10.1. The lowest BCUT2D eigenvalue weighted by Crippen LogP contribution is -2.17. The SMILES string of the molecule is FC(F)(F)Oc1cn[nH]c1-c1ccccc1. The summed E-state index contributed by atoms with van der Waals surface area (Å²) in [4.78, 5) is 0. The normalized spacial score (nSPS) is 11.4. The molecular formula is C10H7F3N2O. The first-order valence-electron chi connectivity index (χ1n) is 4.41. The Bertz CT molecular complexity index is 464. The highest BCUT2D eigenvalue weighted by Gasteiger charge is 2.32. The van der Waals surface area contributed by atoms with Crippen molar-refractivity contribution in [3.63, 3.8) is 0 Å². The van der Waals surface area contributed by atoms with Crippen molar-refractivity contribution in [2.24, 2.45) is 0 Å². The molecule has 16 heavy (non-hydrogen) atoms. The number of ether oxygens (including phenoxy) is 1. The molecule has 2 aromatic rings. The molecular weight excluding hydrogens is 221 g/mol. The van der Waals surface area contributed by atoms with E-state index in [-0.39, 0.29) is 11.4 Å².